The van der Waals surface area contributed by atoms with Crippen molar-refractivity contribution in [1.29, 1.82) is 0 Å². The molecule has 0 saturated heterocycles. The van der Waals surface area contributed by atoms with Gasteiger partial charge < -0.3 is 38.1 Å². The lowest BCUT2D eigenvalue weighted by molar-refractivity contribution is -0.0296. The van der Waals surface area contributed by atoms with Crippen molar-refractivity contribution >= 4 is 32.8 Å². The monoisotopic (exact) mass is 559 g/mol. The summed E-state index contributed by atoms with van der Waals surface area (Å²) in [6.45, 7) is 3.23. The summed E-state index contributed by atoms with van der Waals surface area (Å²) in [4.78, 5) is 26.4. The van der Waals surface area contributed by atoms with E-state index in [0.29, 0.717) is 55.8 Å². The van der Waals surface area contributed by atoms with Crippen molar-refractivity contribution in [3.05, 3.63) is 74.2 Å². The van der Waals surface area contributed by atoms with Crippen LogP contribution < -0.4 is 30.0 Å². The Bertz CT molecular complexity index is 2000. The summed E-state index contributed by atoms with van der Waals surface area (Å²) >= 11 is 0. The first-order valence-corrected chi connectivity index (χ1v) is 12.9. The number of ether oxygens (including phenoxy) is 4. The summed E-state index contributed by atoms with van der Waals surface area (Å²) in [7, 11) is 6.18. The topological polar surface area (TPSA) is 130 Å². The normalized spacial score (nSPS) is 16.7. The molecule has 0 amide bonds. The van der Waals surface area contributed by atoms with Gasteiger partial charge in [-0.1, -0.05) is 0 Å². The summed E-state index contributed by atoms with van der Waals surface area (Å²) in [5, 5.41) is 23.6. The number of nitrogens with zero attached hydrogens (tertiary/aromatic N) is 1. The summed E-state index contributed by atoms with van der Waals surface area (Å²) in [6.07, 6.45) is -0.895. The summed E-state index contributed by atoms with van der Waals surface area (Å²) in [5.41, 5.74) is -0.359. The average molecular weight is 560 g/mol. The molecule has 212 valence electrons. The van der Waals surface area contributed by atoms with E-state index in [1.165, 1.54) is 33.5 Å². The van der Waals surface area contributed by atoms with E-state index in [2.05, 4.69) is 0 Å². The van der Waals surface area contributed by atoms with Gasteiger partial charge >= 0.3 is 5.63 Å². The van der Waals surface area contributed by atoms with Gasteiger partial charge in [-0.05, 0) is 44.2 Å². The average Bonchev–Trinajstić information content (AvgIpc) is 3.35. The third-order valence-corrected chi connectivity index (χ3v) is 7.83. The minimum atomic E-state index is -1.41. The summed E-state index contributed by atoms with van der Waals surface area (Å²) in [5.74, 6) is 0.339. The van der Waals surface area contributed by atoms with Gasteiger partial charge in [-0.2, -0.15) is 0 Å². The molecule has 0 spiro atoms. The highest BCUT2D eigenvalue weighted by molar-refractivity contribution is 6.02. The van der Waals surface area contributed by atoms with E-state index in [4.69, 9.17) is 23.4 Å². The maximum Gasteiger partial charge on any atom is 0.336 e. The fourth-order valence-corrected chi connectivity index (χ4v) is 6.10. The van der Waals surface area contributed by atoms with Crippen LogP contribution in [0, 0.1) is 0 Å². The number of aromatic nitrogens is 1. The molecule has 2 N–H and O–H groups in total. The molecule has 0 radical (unpaired) electrons. The number of hydrogen-bond donors (Lipinski definition) is 2. The number of methoxy groups -OCH3 is 3. The smallest absolute Gasteiger partial charge is 0.336 e. The van der Waals surface area contributed by atoms with Crippen LogP contribution in [-0.4, -0.2) is 47.8 Å². The molecule has 0 aliphatic carbocycles. The van der Waals surface area contributed by atoms with Crippen molar-refractivity contribution in [1.82, 2.24) is 4.57 Å². The second kappa shape index (κ2) is 9.17. The lowest BCUT2D eigenvalue weighted by atomic mass is 9.79. The van der Waals surface area contributed by atoms with Gasteiger partial charge in [0.05, 0.1) is 54.7 Å². The van der Waals surface area contributed by atoms with Crippen LogP contribution in [0.15, 0.2) is 56.5 Å². The Hall–Kier alpha value is -4.70. The standard InChI is InChI=1S/C31H29NO9/c1-31(2,36)30-24(23-17(40-30)10-7-14-8-12-20(34)41-28(14)23)22-19(38-5)13-16(33)21-26(22)32(3)25-15(27(21)35)9-11-18(37-4)29(25)39-6/h7-13,24,30,33,36H,1-6H3/t24-,30-/m0/s1. The summed E-state index contributed by atoms with van der Waals surface area (Å²) < 4.78 is 30.8. The molecular formula is C31H29NO9. The molecule has 41 heavy (non-hydrogen) atoms. The molecule has 3 aromatic carbocycles. The van der Waals surface area contributed by atoms with Crippen molar-refractivity contribution in [2.75, 3.05) is 21.3 Å². The van der Waals surface area contributed by atoms with E-state index < -0.39 is 28.7 Å². The lowest BCUT2D eigenvalue weighted by Crippen LogP contribution is -2.42. The zero-order chi connectivity index (χ0) is 29.4. The minimum absolute atomic E-state index is 0.0488. The molecule has 1 aliphatic rings. The van der Waals surface area contributed by atoms with Crippen molar-refractivity contribution in [2.24, 2.45) is 7.05 Å². The highest BCUT2D eigenvalue weighted by Gasteiger charge is 2.48. The fourth-order valence-electron chi connectivity index (χ4n) is 6.10. The second-order valence-corrected chi connectivity index (χ2v) is 10.6. The highest BCUT2D eigenvalue weighted by atomic mass is 16.5. The van der Waals surface area contributed by atoms with Crippen LogP contribution in [0.1, 0.15) is 30.9 Å². The molecule has 10 heteroatoms. The summed E-state index contributed by atoms with van der Waals surface area (Å²) in [6, 6.07) is 11.2. The van der Waals surface area contributed by atoms with Gasteiger partial charge in [0, 0.05) is 35.7 Å². The Balaban J connectivity index is 1.86. The number of phenols is 1. The third-order valence-electron chi connectivity index (χ3n) is 7.83. The van der Waals surface area contributed by atoms with Crippen LogP contribution >= 0.6 is 0 Å². The minimum Gasteiger partial charge on any atom is -0.507 e. The number of pyridine rings is 1. The second-order valence-electron chi connectivity index (χ2n) is 10.6. The Labute approximate surface area is 233 Å². The molecule has 2 atom stereocenters. The highest BCUT2D eigenvalue weighted by Crippen LogP contribution is 2.53. The van der Waals surface area contributed by atoms with Gasteiger partial charge in [0.25, 0.3) is 0 Å². The molecule has 2 aromatic heterocycles. The first-order chi connectivity index (χ1) is 19.5. The molecule has 5 aromatic rings. The fraction of sp³-hybridized carbons (Fsp3) is 0.290. The first kappa shape index (κ1) is 26.5. The Kier molecular flexibility index (Phi) is 5.93. The Morgan fingerprint density at radius 2 is 1.61 bits per heavy atom. The molecule has 10 nitrogen and oxygen atoms in total. The Morgan fingerprint density at radius 1 is 0.902 bits per heavy atom. The third kappa shape index (κ3) is 3.74. The quantitative estimate of drug-likeness (QED) is 0.240. The maximum absolute atomic E-state index is 14.0. The predicted octanol–water partition coefficient (Wildman–Crippen LogP) is 4.19. The van der Waals surface area contributed by atoms with Crippen molar-refractivity contribution in [2.45, 2.75) is 31.5 Å². The number of aliphatic hydroxyl groups is 1. The molecular weight excluding hydrogens is 530 g/mol. The van der Waals surface area contributed by atoms with Crippen molar-refractivity contribution in [3.8, 4) is 28.7 Å². The number of aromatic hydroxyl groups is 1. The van der Waals surface area contributed by atoms with E-state index in [1.54, 1.807) is 55.8 Å². The van der Waals surface area contributed by atoms with Crippen LogP contribution in [0.3, 0.4) is 0 Å². The maximum atomic E-state index is 14.0. The van der Waals surface area contributed by atoms with E-state index in [-0.39, 0.29) is 16.9 Å². The SMILES string of the molecule is COc1ccc2c(=O)c3c(O)cc(OC)c([C@H]4c5c(ccc6ccc(=O)oc56)O[C@@H]4C(C)(C)O)c3n(C)c2c1OC. The molecule has 3 heterocycles. The van der Waals surface area contributed by atoms with Gasteiger partial charge in [0.2, 0.25) is 5.43 Å². The van der Waals surface area contributed by atoms with Gasteiger partial charge in [0.15, 0.2) is 11.5 Å². The van der Waals surface area contributed by atoms with Crippen LogP contribution in [0.5, 0.6) is 28.7 Å². The first-order valence-electron chi connectivity index (χ1n) is 12.9. The Morgan fingerprint density at radius 3 is 2.27 bits per heavy atom. The van der Waals surface area contributed by atoms with Crippen LogP contribution in [-0.2, 0) is 7.05 Å². The van der Waals surface area contributed by atoms with E-state index in [1.807, 2.05) is 0 Å². The van der Waals surface area contributed by atoms with E-state index in [0.717, 1.165) is 0 Å². The van der Waals surface area contributed by atoms with Crippen LogP contribution in [0.4, 0.5) is 0 Å². The molecule has 6 rings (SSSR count). The number of aryl methyl sites for hydroxylation is 1. The predicted molar refractivity (Wildman–Crippen MR) is 153 cm³/mol. The number of rotatable bonds is 5. The number of fused-ring (bicyclic) bond motifs is 5. The van der Waals surface area contributed by atoms with Crippen LogP contribution in [0.25, 0.3) is 32.8 Å². The van der Waals surface area contributed by atoms with Gasteiger partial charge in [-0.3, -0.25) is 4.79 Å². The van der Waals surface area contributed by atoms with Crippen molar-refractivity contribution < 1.29 is 33.6 Å². The number of phenolic OH excluding ortho intramolecular Hbond substituents is 1. The van der Waals surface area contributed by atoms with Gasteiger partial charge in [-0.25, -0.2) is 4.79 Å². The molecule has 1 aliphatic heterocycles. The number of benzene rings is 3. The largest absolute Gasteiger partial charge is 0.507 e. The zero-order valence-corrected chi connectivity index (χ0v) is 23.4. The number of hydrogen-bond acceptors (Lipinski definition) is 9. The lowest BCUT2D eigenvalue weighted by Gasteiger charge is -2.32. The molecule has 0 saturated carbocycles. The molecule has 0 bridgehead atoms. The van der Waals surface area contributed by atoms with Gasteiger partial charge in [-0.15, -0.1) is 0 Å². The van der Waals surface area contributed by atoms with Gasteiger partial charge in [0.1, 0.15) is 28.9 Å². The molecule has 0 unspecified atom stereocenters. The van der Waals surface area contributed by atoms with E-state index >= 15 is 0 Å². The van der Waals surface area contributed by atoms with E-state index in [9.17, 15) is 19.8 Å². The zero-order valence-electron chi connectivity index (χ0n) is 23.4. The van der Waals surface area contributed by atoms with Crippen molar-refractivity contribution in [3.63, 3.8) is 0 Å². The van der Waals surface area contributed by atoms with Crippen LogP contribution in [0.2, 0.25) is 0 Å². The molecule has 0 fully saturated rings.